The van der Waals surface area contributed by atoms with E-state index in [2.05, 4.69) is 52.5 Å². The van der Waals surface area contributed by atoms with E-state index in [4.69, 9.17) is 0 Å². The fourth-order valence-electron chi connectivity index (χ4n) is 4.74. The Morgan fingerprint density at radius 2 is 1.55 bits per heavy atom. The van der Waals surface area contributed by atoms with Crippen LogP contribution in [0.4, 0.5) is 0 Å². The highest BCUT2D eigenvalue weighted by molar-refractivity contribution is 5.92. The number of hydrogen-bond donors (Lipinski definition) is 2. The molecule has 0 bridgehead atoms. The molecule has 166 valence electrons. The van der Waals surface area contributed by atoms with E-state index in [9.17, 15) is 10.2 Å². The Morgan fingerprint density at radius 3 is 2.27 bits per heavy atom. The Bertz CT molecular complexity index is 1330. The van der Waals surface area contributed by atoms with Gasteiger partial charge in [0.25, 0.3) is 0 Å². The molecule has 0 radical (unpaired) electrons. The van der Waals surface area contributed by atoms with Gasteiger partial charge in [0, 0.05) is 23.0 Å². The molecule has 0 unspecified atom stereocenters. The number of rotatable bonds is 4. The standard InChI is InChI=1S/C29H28N2O2/c1-21-27-19-26(33)14-15-28(27)31(29(21)24-10-12-25(32)13-11-24)20-23-8-6-22(7-9-23)5-4-18-30-16-2-3-17-30/h6-15,19,32-33H,2-3,16-18,20H2,1H3. The Hall–Kier alpha value is -3.68. The van der Waals surface area contributed by atoms with Gasteiger partial charge in [-0.15, -0.1) is 0 Å². The number of fused-ring (bicyclic) bond motifs is 1. The minimum atomic E-state index is 0.248. The van der Waals surface area contributed by atoms with E-state index in [0.29, 0.717) is 6.54 Å². The molecule has 2 heterocycles. The molecule has 4 heteroatoms. The highest BCUT2D eigenvalue weighted by Crippen LogP contribution is 2.36. The predicted octanol–water partition coefficient (Wildman–Crippen LogP) is 5.52. The van der Waals surface area contributed by atoms with Gasteiger partial charge in [-0.05, 0) is 104 Å². The van der Waals surface area contributed by atoms with E-state index < -0.39 is 0 Å². The smallest absolute Gasteiger partial charge is 0.116 e. The number of aryl methyl sites for hydroxylation is 1. The second-order valence-electron chi connectivity index (χ2n) is 8.79. The molecule has 33 heavy (non-hydrogen) atoms. The first kappa shape index (κ1) is 21.2. The zero-order chi connectivity index (χ0) is 22.8. The number of benzene rings is 3. The fraction of sp³-hybridized carbons (Fsp3) is 0.241. The van der Waals surface area contributed by atoms with Crippen LogP contribution in [0.2, 0.25) is 0 Å². The van der Waals surface area contributed by atoms with E-state index in [1.54, 1.807) is 18.2 Å². The second-order valence-corrected chi connectivity index (χ2v) is 8.79. The van der Waals surface area contributed by atoms with Gasteiger partial charge >= 0.3 is 0 Å². The minimum Gasteiger partial charge on any atom is -0.508 e. The lowest BCUT2D eigenvalue weighted by atomic mass is 10.1. The van der Waals surface area contributed by atoms with Crippen LogP contribution >= 0.6 is 0 Å². The number of aromatic nitrogens is 1. The zero-order valence-corrected chi connectivity index (χ0v) is 18.9. The number of phenolic OH excluding ortho intramolecular Hbond substituents is 2. The SMILES string of the molecule is Cc1c(-c2ccc(O)cc2)n(Cc2ccc(C#CCN3CCCC3)cc2)c2ccc(O)cc12. The summed E-state index contributed by atoms with van der Waals surface area (Å²) in [6, 6.07) is 21.3. The molecule has 4 aromatic rings. The molecule has 2 N–H and O–H groups in total. The summed E-state index contributed by atoms with van der Waals surface area (Å²) >= 11 is 0. The van der Waals surface area contributed by atoms with Crippen molar-refractivity contribution in [2.24, 2.45) is 0 Å². The van der Waals surface area contributed by atoms with Crippen molar-refractivity contribution in [1.29, 1.82) is 0 Å². The van der Waals surface area contributed by atoms with Crippen LogP contribution in [0.5, 0.6) is 11.5 Å². The van der Waals surface area contributed by atoms with Crippen LogP contribution in [0.1, 0.15) is 29.5 Å². The number of aromatic hydroxyl groups is 2. The Morgan fingerprint density at radius 1 is 0.848 bits per heavy atom. The molecule has 1 aliphatic rings. The maximum absolute atomic E-state index is 10.1. The summed E-state index contributed by atoms with van der Waals surface area (Å²) in [7, 11) is 0. The maximum Gasteiger partial charge on any atom is 0.116 e. The molecule has 0 amide bonds. The molecular formula is C29H28N2O2. The quantitative estimate of drug-likeness (QED) is 0.414. The van der Waals surface area contributed by atoms with Crippen LogP contribution < -0.4 is 0 Å². The lowest BCUT2D eigenvalue weighted by Gasteiger charge is -2.13. The summed E-state index contributed by atoms with van der Waals surface area (Å²) in [5.74, 6) is 7.11. The van der Waals surface area contributed by atoms with Crippen molar-refractivity contribution in [2.75, 3.05) is 19.6 Å². The first-order chi connectivity index (χ1) is 16.1. The first-order valence-corrected chi connectivity index (χ1v) is 11.5. The van der Waals surface area contributed by atoms with Gasteiger partial charge in [-0.2, -0.15) is 0 Å². The molecule has 1 aliphatic heterocycles. The van der Waals surface area contributed by atoms with Crippen molar-refractivity contribution in [3.63, 3.8) is 0 Å². The van der Waals surface area contributed by atoms with Crippen molar-refractivity contribution in [3.05, 3.63) is 83.4 Å². The van der Waals surface area contributed by atoms with E-state index in [1.165, 1.54) is 31.5 Å². The van der Waals surface area contributed by atoms with Gasteiger partial charge in [0.05, 0.1) is 12.2 Å². The number of nitrogens with zero attached hydrogens (tertiary/aromatic N) is 2. The molecule has 3 aromatic carbocycles. The average molecular weight is 437 g/mol. The van der Waals surface area contributed by atoms with Gasteiger partial charge in [0.1, 0.15) is 11.5 Å². The van der Waals surface area contributed by atoms with E-state index >= 15 is 0 Å². The van der Waals surface area contributed by atoms with Crippen LogP contribution in [0.15, 0.2) is 66.7 Å². The third-order valence-corrected chi connectivity index (χ3v) is 6.47. The van der Waals surface area contributed by atoms with Gasteiger partial charge in [0.15, 0.2) is 0 Å². The summed E-state index contributed by atoms with van der Waals surface area (Å²) in [5.41, 5.74) is 6.52. The van der Waals surface area contributed by atoms with Crippen LogP contribution in [0.25, 0.3) is 22.2 Å². The lowest BCUT2D eigenvalue weighted by molar-refractivity contribution is 0.383. The predicted molar refractivity (Wildman–Crippen MR) is 134 cm³/mol. The average Bonchev–Trinajstić information content (AvgIpc) is 3.43. The summed E-state index contributed by atoms with van der Waals surface area (Å²) in [6.07, 6.45) is 2.57. The van der Waals surface area contributed by atoms with Gasteiger partial charge in [-0.3, -0.25) is 4.90 Å². The highest BCUT2D eigenvalue weighted by atomic mass is 16.3. The van der Waals surface area contributed by atoms with Gasteiger partial charge in [0.2, 0.25) is 0 Å². The summed E-state index contributed by atoms with van der Waals surface area (Å²) < 4.78 is 2.28. The van der Waals surface area contributed by atoms with Crippen LogP contribution in [0, 0.1) is 18.8 Å². The zero-order valence-electron chi connectivity index (χ0n) is 18.9. The van der Waals surface area contributed by atoms with Crippen LogP contribution in [0.3, 0.4) is 0 Å². The number of hydrogen-bond acceptors (Lipinski definition) is 3. The van der Waals surface area contributed by atoms with E-state index in [0.717, 1.165) is 39.8 Å². The fourth-order valence-corrected chi connectivity index (χ4v) is 4.74. The van der Waals surface area contributed by atoms with Crippen LogP contribution in [-0.2, 0) is 6.54 Å². The second kappa shape index (κ2) is 9.05. The Labute approximate surface area is 194 Å². The number of phenols is 2. The monoisotopic (exact) mass is 436 g/mol. The summed E-state index contributed by atoms with van der Waals surface area (Å²) in [4.78, 5) is 2.41. The Balaban J connectivity index is 1.46. The molecule has 0 spiro atoms. The molecule has 1 aromatic heterocycles. The summed E-state index contributed by atoms with van der Waals surface area (Å²) in [5, 5.41) is 20.8. The lowest BCUT2D eigenvalue weighted by Crippen LogP contribution is -2.18. The molecule has 0 atom stereocenters. The first-order valence-electron chi connectivity index (χ1n) is 11.5. The molecule has 5 rings (SSSR count). The third kappa shape index (κ3) is 4.46. The third-order valence-electron chi connectivity index (χ3n) is 6.47. The minimum absolute atomic E-state index is 0.248. The van der Waals surface area contributed by atoms with E-state index in [-0.39, 0.29) is 11.5 Å². The van der Waals surface area contributed by atoms with Gasteiger partial charge in [-0.1, -0.05) is 24.0 Å². The molecule has 1 fully saturated rings. The van der Waals surface area contributed by atoms with Gasteiger partial charge < -0.3 is 14.8 Å². The number of likely N-dealkylation sites (tertiary alicyclic amines) is 1. The van der Waals surface area contributed by atoms with Gasteiger partial charge in [-0.25, -0.2) is 0 Å². The van der Waals surface area contributed by atoms with E-state index in [1.807, 2.05) is 24.3 Å². The Kier molecular flexibility index (Phi) is 5.81. The van der Waals surface area contributed by atoms with Crippen molar-refractivity contribution in [1.82, 2.24) is 9.47 Å². The molecule has 0 aliphatic carbocycles. The molecule has 0 saturated carbocycles. The van der Waals surface area contributed by atoms with Crippen molar-refractivity contribution < 1.29 is 10.2 Å². The molecule has 1 saturated heterocycles. The van der Waals surface area contributed by atoms with Crippen LogP contribution in [-0.4, -0.2) is 39.3 Å². The summed E-state index contributed by atoms with van der Waals surface area (Å²) in [6.45, 7) is 5.96. The molecule has 4 nitrogen and oxygen atoms in total. The van der Waals surface area contributed by atoms with Crippen molar-refractivity contribution in [2.45, 2.75) is 26.3 Å². The van der Waals surface area contributed by atoms with Crippen molar-refractivity contribution >= 4 is 10.9 Å². The van der Waals surface area contributed by atoms with Crippen molar-refractivity contribution in [3.8, 4) is 34.6 Å². The normalized spacial score (nSPS) is 13.8. The topological polar surface area (TPSA) is 48.6 Å². The highest BCUT2D eigenvalue weighted by Gasteiger charge is 2.17. The largest absolute Gasteiger partial charge is 0.508 e. The maximum atomic E-state index is 10.1. The molecular weight excluding hydrogens is 408 g/mol.